The third-order valence-corrected chi connectivity index (χ3v) is 0. The molecule has 0 nitrogen and oxygen atoms in total. The van der Waals surface area contributed by atoms with E-state index in [-0.39, 0.29) is 37.7 Å². The van der Waals surface area contributed by atoms with Crippen molar-refractivity contribution in [2.24, 2.45) is 0 Å². The van der Waals surface area contributed by atoms with Gasteiger partial charge in [0.05, 0.1) is 0 Å². The average molecular weight is 130 g/mol. The van der Waals surface area contributed by atoms with Gasteiger partial charge in [-0.05, 0) is 0 Å². The second-order valence-corrected chi connectivity index (χ2v) is 0.429. The van der Waals surface area contributed by atoms with Crippen molar-refractivity contribution in [3.8, 4) is 0 Å². The summed E-state index contributed by atoms with van der Waals surface area (Å²) in [6, 6.07) is 0. The van der Waals surface area contributed by atoms with E-state index in [1.165, 1.54) is 0 Å². The first kappa shape index (κ1) is 10.1. The molecule has 0 spiro atoms. The van der Waals surface area contributed by atoms with Crippen molar-refractivity contribution in [2.45, 2.75) is 6.43 Å². The first-order valence-corrected chi connectivity index (χ1v) is 0.756. The summed E-state index contributed by atoms with van der Waals surface area (Å²) < 4.78 is 38.8. The van der Waals surface area contributed by atoms with Crippen molar-refractivity contribution in [1.82, 2.24) is 0 Å². The predicted molar refractivity (Wildman–Crippen MR) is 15.7 cm³/mol. The van der Waals surface area contributed by atoms with Crippen LogP contribution in [0, 0.1) is 0 Å². The number of rotatable bonds is 0. The molecule has 0 fully saturated rings. The van der Waals surface area contributed by atoms with Crippen molar-refractivity contribution >= 4 is 37.7 Å². The van der Waals surface area contributed by atoms with E-state index < -0.39 is 6.43 Å². The molecule has 6 heavy (non-hydrogen) atoms. The van der Waals surface area contributed by atoms with E-state index in [1.54, 1.807) is 0 Å². The second kappa shape index (κ2) is 3.04. The van der Waals surface area contributed by atoms with E-state index in [1.807, 2.05) is 0 Å². The zero-order chi connectivity index (χ0) is 4.50. The van der Waals surface area contributed by atoms with Crippen LogP contribution in [0.25, 0.3) is 0 Å². The van der Waals surface area contributed by atoms with E-state index in [4.69, 9.17) is 0 Å². The van der Waals surface area contributed by atoms with Gasteiger partial charge in [-0.15, -0.1) is 17.6 Å². The standard InChI is InChI=1S/CF4.Ca.2H/c2-1(3,4)5;;;. The van der Waals surface area contributed by atoms with Crippen molar-refractivity contribution < 1.29 is 17.6 Å². The summed E-state index contributed by atoms with van der Waals surface area (Å²) in [4.78, 5) is 0. The summed E-state index contributed by atoms with van der Waals surface area (Å²) in [6.07, 6.45) is -5.50. The summed E-state index contributed by atoms with van der Waals surface area (Å²) in [6.45, 7) is 0. The molecule has 0 aromatic heterocycles. The summed E-state index contributed by atoms with van der Waals surface area (Å²) in [5.74, 6) is 0. The SMILES string of the molecule is FC(F)(F)F.[CaH2]. The van der Waals surface area contributed by atoms with Crippen LogP contribution in [0.1, 0.15) is 0 Å². The molecule has 0 unspecified atom stereocenters. The zero-order valence-corrected chi connectivity index (χ0v) is 2.01. The van der Waals surface area contributed by atoms with Gasteiger partial charge in [0.15, 0.2) is 0 Å². The van der Waals surface area contributed by atoms with Crippen LogP contribution < -0.4 is 0 Å². The van der Waals surface area contributed by atoms with Gasteiger partial charge in [-0.2, -0.15) is 0 Å². The third kappa shape index (κ3) is 82.2. The molecule has 0 rings (SSSR count). The minimum atomic E-state index is -5.50. The van der Waals surface area contributed by atoms with Crippen molar-refractivity contribution in [2.75, 3.05) is 0 Å². The van der Waals surface area contributed by atoms with Crippen LogP contribution in [0.4, 0.5) is 17.6 Å². The molecule has 0 saturated heterocycles. The molecule has 0 aliphatic carbocycles. The Morgan fingerprint density at radius 2 is 0.833 bits per heavy atom. The molecule has 0 bridgehead atoms. The van der Waals surface area contributed by atoms with Crippen LogP contribution in [-0.2, 0) is 0 Å². The van der Waals surface area contributed by atoms with Gasteiger partial charge in [0.25, 0.3) is 0 Å². The molecular formula is CH2CaF4. The minimum absolute atomic E-state index is 0. The predicted octanol–water partition coefficient (Wildman–Crippen LogP) is 0.559. The van der Waals surface area contributed by atoms with Gasteiger partial charge < -0.3 is 0 Å². The van der Waals surface area contributed by atoms with Gasteiger partial charge in [0, 0.05) is 0 Å². The molecule has 0 heterocycles. The van der Waals surface area contributed by atoms with Gasteiger partial charge in [-0.3, -0.25) is 0 Å². The summed E-state index contributed by atoms with van der Waals surface area (Å²) in [5.41, 5.74) is 0. The molecule has 0 radical (unpaired) electrons. The van der Waals surface area contributed by atoms with E-state index >= 15 is 0 Å². The van der Waals surface area contributed by atoms with E-state index in [2.05, 4.69) is 0 Å². The Labute approximate surface area is 61.5 Å². The van der Waals surface area contributed by atoms with Crippen LogP contribution in [0.5, 0.6) is 0 Å². The normalized spacial score (nSPS) is 10.0. The number of alkyl halides is 4. The van der Waals surface area contributed by atoms with Crippen LogP contribution in [0.2, 0.25) is 0 Å². The quantitative estimate of drug-likeness (QED) is 0.332. The fourth-order valence-electron chi connectivity index (χ4n) is 0. The molecule has 0 saturated carbocycles. The molecule has 0 aliphatic rings. The molecule has 0 aromatic carbocycles. The van der Waals surface area contributed by atoms with Crippen molar-refractivity contribution in [3.05, 3.63) is 0 Å². The van der Waals surface area contributed by atoms with Crippen LogP contribution in [0.3, 0.4) is 0 Å². The summed E-state index contributed by atoms with van der Waals surface area (Å²) in [5, 5.41) is 0. The topological polar surface area (TPSA) is 0 Å². The maximum absolute atomic E-state index is 9.69. The molecule has 0 aromatic rings. The molecule has 0 N–H and O–H groups in total. The Hall–Kier alpha value is 0.980. The second-order valence-electron chi connectivity index (χ2n) is 0.429. The average Bonchev–Trinajstić information content (AvgIpc) is 0.722. The maximum atomic E-state index is 9.69. The van der Waals surface area contributed by atoms with Gasteiger partial charge >= 0.3 is 44.2 Å². The molecular weight excluding hydrogens is 128 g/mol. The fraction of sp³-hybridized carbons (Fsp3) is 1.00. The van der Waals surface area contributed by atoms with Crippen molar-refractivity contribution in [3.63, 3.8) is 0 Å². The molecule has 36 valence electrons. The van der Waals surface area contributed by atoms with E-state index in [0.29, 0.717) is 0 Å². The number of halogens is 4. The van der Waals surface area contributed by atoms with E-state index in [9.17, 15) is 17.6 Å². The fourth-order valence-corrected chi connectivity index (χ4v) is 0. The molecule has 5 heteroatoms. The first-order chi connectivity index (χ1) is 2.00. The molecule has 0 amide bonds. The number of hydrogen-bond donors (Lipinski definition) is 0. The first-order valence-electron chi connectivity index (χ1n) is 0.756. The Morgan fingerprint density at radius 3 is 0.833 bits per heavy atom. The zero-order valence-electron chi connectivity index (χ0n) is 2.01. The Balaban J connectivity index is 0. The Bertz CT molecular complexity index is 23.0. The number of hydrogen-bond acceptors (Lipinski definition) is 0. The molecule has 0 atom stereocenters. The van der Waals surface area contributed by atoms with Crippen LogP contribution in [0.15, 0.2) is 0 Å². The van der Waals surface area contributed by atoms with Gasteiger partial charge in [-0.25, -0.2) is 0 Å². The Kier molecular flexibility index (Phi) is 5.11. The van der Waals surface area contributed by atoms with Crippen molar-refractivity contribution in [1.29, 1.82) is 0 Å². The summed E-state index contributed by atoms with van der Waals surface area (Å²) >= 11 is 0. The monoisotopic (exact) mass is 130 g/mol. The van der Waals surface area contributed by atoms with Crippen LogP contribution in [-0.4, -0.2) is 44.2 Å². The van der Waals surface area contributed by atoms with E-state index in [0.717, 1.165) is 0 Å². The van der Waals surface area contributed by atoms with Gasteiger partial charge in [0.1, 0.15) is 0 Å². The van der Waals surface area contributed by atoms with Crippen LogP contribution >= 0.6 is 0 Å². The third-order valence-electron chi connectivity index (χ3n) is 0. The Morgan fingerprint density at radius 1 is 0.833 bits per heavy atom. The van der Waals surface area contributed by atoms with Gasteiger partial charge in [-0.1, -0.05) is 0 Å². The molecule has 0 aliphatic heterocycles. The van der Waals surface area contributed by atoms with Gasteiger partial charge in [0.2, 0.25) is 0 Å². The summed E-state index contributed by atoms with van der Waals surface area (Å²) in [7, 11) is 0.